The summed E-state index contributed by atoms with van der Waals surface area (Å²) >= 11 is 6.09. The van der Waals surface area contributed by atoms with Gasteiger partial charge in [-0.25, -0.2) is 0 Å². The molecule has 0 aliphatic heterocycles. The van der Waals surface area contributed by atoms with Crippen LogP contribution in [0.3, 0.4) is 0 Å². The maximum Gasteiger partial charge on any atom is 0.134 e. The molecule has 106 valence electrons. The summed E-state index contributed by atoms with van der Waals surface area (Å²) < 4.78 is 5.99. The molecule has 0 aliphatic carbocycles. The van der Waals surface area contributed by atoms with Crippen molar-refractivity contribution in [3.8, 4) is 11.5 Å². The van der Waals surface area contributed by atoms with Gasteiger partial charge in [-0.2, -0.15) is 0 Å². The molecule has 20 heavy (non-hydrogen) atoms. The van der Waals surface area contributed by atoms with E-state index in [4.69, 9.17) is 16.3 Å². The monoisotopic (exact) mass is 290 g/mol. The second-order valence-electron chi connectivity index (χ2n) is 5.72. The van der Waals surface area contributed by atoms with Crippen molar-refractivity contribution in [2.75, 3.05) is 0 Å². The molecule has 0 amide bonds. The van der Waals surface area contributed by atoms with E-state index in [-0.39, 0.29) is 12.0 Å². The number of benzene rings is 2. The molecule has 0 aliphatic rings. The first kappa shape index (κ1) is 14.9. The number of ether oxygens (including phenoxy) is 1. The molecule has 2 rings (SSSR count). The van der Waals surface area contributed by atoms with Gasteiger partial charge in [0.2, 0.25) is 0 Å². The molecular weight excluding hydrogens is 272 g/mol. The van der Waals surface area contributed by atoms with Crippen molar-refractivity contribution < 1.29 is 9.84 Å². The lowest BCUT2D eigenvalue weighted by atomic mass is 9.86. The van der Waals surface area contributed by atoms with E-state index in [9.17, 15) is 5.11 Å². The summed E-state index contributed by atoms with van der Waals surface area (Å²) in [5, 5.41) is 9.95. The first-order valence-corrected chi connectivity index (χ1v) is 6.97. The van der Waals surface area contributed by atoms with Crippen LogP contribution in [0.4, 0.5) is 0 Å². The number of hydrogen-bond acceptors (Lipinski definition) is 2. The lowest BCUT2D eigenvalue weighted by molar-refractivity contribution is 0.276. The molecule has 0 saturated heterocycles. The van der Waals surface area contributed by atoms with Crippen LogP contribution >= 0.6 is 11.6 Å². The molecule has 0 saturated carbocycles. The van der Waals surface area contributed by atoms with Crippen molar-refractivity contribution in [2.45, 2.75) is 32.8 Å². The predicted molar refractivity (Wildman–Crippen MR) is 82.6 cm³/mol. The average Bonchev–Trinajstić information content (AvgIpc) is 2.38. The van der Waals surface area contributed by atoms with Gasteiger partial charge in [0.05, 0.1) is 6.61 Å². The van der Waals surface area contributed by atoms with E-state index in [2.05, 4.69) is 26.8 Å². The Kier molecular flexibility index (Phi) is 4.36. The van der Waals surface area contributed by atoms with Gasteiger partial charge in [-0.1, -0.05) is 56.6 Å². The van der Waals surface area contributed by atoms with Crippen LogP contribution < -0.4 is 4.74 Å². The zero-order valence-electron chi connectivity index (χ0n) is 12.0. The Hall–Kier alpha value is -1.51. The van der Waals surface area contributed by atoms with Gasteiger partial charge in [-0.3, -0.25) is 0 Å². The van der Waals surface area contributed by atoms with Crippen molar-refractivity contribution in [3.05, 3.63) is 58.6 Å². The SMILES string of the molecule is CC(C)(C)c1ccccc1Oc1cccc(Cl)c1CO. The van der Waals surface area contributed by atoms with Crippen LogP contribution in [0.5, 0.6) is 11.5 Å². The van der Waals surface area contributed by atoms with E-state index in [1.807, 2.05) is 30.3 Å². The van der Waals surface area contributed by atoms with Crippen molar-refractivity contribution in [1.29, 1.82) is 0 Å². The Morgan fingerprint density at radius 2 is 1.65 bits per heavy atom. The highest BCUT2D eigenvalue weighted by molar-refractivity contribution is 6.31. The second-order valence-corrected chi connectivity index (χ2v) is 6.13. The molecule has 0 heterocycles. The van der Waals surface area contributed by atoms with Crippen molar-refractivity contribution in [1.82, 2.24) is 0 Å². The van der Waals surface area contributed by atoms with Gasteiger partial charge in [0, 0.05) is 16.1 Å². The minimum Gasteiger partial charge on any atom is -0.457 e. The summed E-state index contributed by atoms with van der Waals surface area (Å²) in [4.78, 5) is 0. The van der Waals surface area contributed by atoms with Crippen molar-refractivity contribution >= 4 is 11.6 Å². The van der Waals surface area contributed by atoms with Gasteiger partial charge in [0.1, 0.15) is 11.5 Å². The van der Waals surface area contributed by atoms with Gasteiger partial charge in [0.15, 0.2) is 0 Å². The number of aliphatic hydroxyl groups excluding tert-OH is 1. The highest BCUT2D eigenvalue weighted by Crippen LogP contribution is 2.36. The van der Waals surface area contributed by atoms with Gasteiger partial charge in [-0.15, -0.1) is 0 Å². The summed E-state index contributed by atoms with van der Waals surface area (Å²) in [6, 6.07) is 13.3. The van der Waals surface area contributed by atoms with E-state index < -0.39 is 0 Å². The third kappa shape index (κ3) is 3.14. The first-order valence-electron chi connectivity index (χ1n) is 6.59. The molecule has 0 aromatic heterocycles. The molecular formula is C17H19ClO2. The molecule has 2 aromatic rings. The summed E-state index contributed by atoms with van der Waals surface area (Å²) in [6.07, 6.45) is 0. The summed E-state index contributed by atoms with van der Waals surface area (Å²) in [6.45, 7) is 6.27. The van der Waals surface area contributed by atoms with Crippen LogP contribution in [0.2, 0.25) is 5.02 Å². The molecule has 3 heteroatoms. The Morgan fingerprint density at radius 1 is 1.00 bits per heavy atom. The fourth-order valence-corrected chi connectivity index (χ4v) is 2.31. The highest BCUT2D eigenvalue weighted by atomic mass is 35.5. The fourth-order valence-electron chi connectivity index (χ4n) is 2.08. The van der Waals surface area contributed by atoms with Gasteiger partial charge >= 0.3 is 0 Å². The number of hydrogen-bond donors (Lipinski definition) is 1. The molecule has 2 nitrogen and oxygen atoms in total. The van der Waals surface area contributed by atoms with Gasteiger partial charge in [0.25, 0.3) is 0 Å². The lowest BCUT2D eigenvalue weighted by Gasteiger charge is -2.23. The van der Waals surface area contributed by atoms with E-state index >= 15 is 0 Å². The summed E-state index contributed by atoms with van der Waals surface area (Å²) in [5.74, 6) is 1.38. The van der Waals surface area contributed by atoms with Crippen molar-refractivity contribution in [3.63, 3.8) is 0 Å². The average molecular weight is 291 g/mol. The van der Waals surface area contributed by atoms with E-state index in [1.165, 1.54) is 0 Å². The van der Waals surface area contributed by atoms with E-state index in [1.54, 1.807) is 6.07 Å². The standard InChI is InChI=1S/C17H19ClO2/c1-17(2,3)13-7-4-5-9-16(13)20-15-10-6-8-14(18)12(15)11-19/h4-10,19H,11H2,1-3H3. The number of rotatable bonds is 3. The maximum atomic E-state index is 9.44. The van der Waals surface area contributed by atoms with Crippen LogP contribution in [0.15, 0.2) is 42.5 Å². The van der Waals surface area contributed by atoms with Crippen LogP contribution in [0.25, 0.3) is 0 Å². The largest absolute Gasteiger partial charge is 0.457 e. The molecule has 0 spiro atoms. The number of para-hydroxylation sites is 1. The summed E-state index contributed by atoms with van der Waals surface area (Å²) in [5.41, 5.74) is 1.70. The van der Waals surface area contributed by atoms with Gasteiger partial charge in [-0.05, 0) is 23.6 Å². The second kappa shape index (κ2) is 5.86. The minimum absolute atomic E-state index is 0.0193. The molecule has 0 radical (unpaired) electrons. The topological polar surface area (TPSA) is 29.5 Å². The Morgan fingerprint density at radius 3 is 2.30 bits per heavy atom. The fraction of sp³-hybridized carbons (Fsp3) is 0.294. The number of aliphatic hydroxyl groups is 1. The predicted octanol–water partition coefficient (Wildman–Crippen LogP) is 4.92. The van der Waals surface area contributed by atoms with Crippen molar-refractivity contribution in [2.24, 2.45) is 0 Å². The maximum absolute atomic E-state index is 9.44. The smallest absolute Gasteiger partial charge is 0.134 e. The van der Waals surface area contributed by atoms with Crippen LogP contribution in [-0.2, 0) is 12.0 Å². The van der Waals surface area contributed by atoms with Crippen LogP contribution in [0, 0.1) is 0 Å². The van der Waals surface area contributed by atoms with E-state index in [0.29, 0.717) is 16.3 Å². The molecule has 0 fully saturated rings. The third-order valence-corrected chi connectivity index (χ3v) is 3.50. The Bertz CT molecular complexity index is 600. The minimum atomic E-state index is -0.146. The Balaban J connectivity index is 2.44. The van der Waals surface area contributed by atoms with Crippen LogP contribution in [0.1, 0.15) is 31.9 Å². The normalized spacial score (nSPS) is 11.4. The molecule has 0 bridgehead atoms. The lowest BCUT2D eigenvalue weighted by Crippen LogP contribution is -2.12. The quantitative estimate of drug-likeness (QED) is 0.869. The zero-order chi connectivity index (χ0) is 14.8. The molecule has 1 N–H and O–H groups in total. The highest BCUT2D eigenvalue weighted by Gasteiger charge is 2.19. The summed E-state index contributed by atoms with van der Waals surface area (Å²) in [7, 11) is 0. The Labute approximate surface area is 125 Å². The molecule has 2 aromatic carbocycles. The zero-order valence-corrected chi connectivity index (χ0v) is 12.7. The van der Waals surface area contributed by atoms with Crippen LogP contribution in [-0.4, -0.2) is 5.11 Å². The third-order valence-electron chi connectivity index (χ3n) is 3.15. The van der Waals surface area contributed by atoms with Gasteiger partial charge < -0.3 is 9.84 Å². The van der Waals surface area contributed by atoms with E-state index in [0.717, 1.165) is 11.3 Å². The first-order chi connectivity index (χ1) is 9.43. The molecule has 0 atom stereocenters. The molecule has 0 unspecified atom stereocenters. The number of halogens is 1.